The largest absolute Gasteiger partial charge is 0.354 e. The number of rotatable bonds is 9. The molecule has 1 unspecified atom stereocenters. The third-order valence-corrected chi connectivity index (χ3v) is 6.04. The zero-order valence-electron chi connectivity index (χ0n) is 17.4. The van der Waals surface area contributed by atoms with Crippen molar-refractivity contribution in [3.05, 3.63) is 22.4 Å². The van der Waals surface area contributed by atoms with E-state index in [0.717, 1.165) is 25.6 Å². The Kier molecular flexibility index (Phi) is 12.5. The second kappa shape index (κ2) is 13.7. The molecule has 0 radical (unpaired) electrons. The molecule has 1 aromatic heterocycles. The minimum Gasteiger partial charge on any atom is -0.354 e. The van der Waals surface area contributed by atoms with Gasteiger partial charge in [-0.3, -0.25) is 9.89 Å². The van der Waals surface area contributed by atoms with Gasteiger partial charge < -0.3 is 15.5 Å². The maximum atomic E-state index is 4.47. The molecule has 2 rings (SSSR count). The van der Waals surface area contributed by atoms with E-state index in [4.69, 9.17) is 0 Å². The zero-order chi connectivity index (χ0) is 18.8. The average Bonchev–Trinajstić information content (AvgIpc) is 3.20. The van der Waals surface area contributed by atoms with E-state index in [9.17, 15) is 0 Å². The van der Waals surface area contributed by atoms with Crippen molar-refractivity contribution in [2.75, 3.05) is 46.3 Å². The van der Waals surface area contributed by atoms with E-state index in [1.807, 2.05) is 7.05 Å². The van der Waals surface area contributed by atoms with Crippen LogP contribution in [0.1, 0.15) is 51.6 Å². The van der Waals surface area contributed by atoms with E-state index in [0.29, 0.717) is 12.1 Å². The van der Waals surface area contributed by atoms with Crippen LogP contribution in [0, 0.1) is 0 Å². The number of thiophene rings is 1. The lowest BCUT2D eigenvalue weighted by atomic mass is 10.1. The summed E-state index contributed by atoms with van der Waals surface area (Å²) in [5.41, 5.74) is 1.40. The van der Waals surface area contributed by atoms with Gasteiger partial charge in [-0.15, -0.1) is 24.0 Å². The first kappa shape index (κ1) is 24.7. The van der Waals surface area contributed by atoms with Crippen LogP contribution in [-0.2, 0) is 0 Å². The molecule has 0 amide bonds. The first-order valence-electron chi connectivity index (χ1n) is 10.2. The Morgan fingerprint density at radius 3 is 2.52 bits per heavy atom. The highest BCUT2D eigenvalue weighted by molar-refractivity contribution is 14.0. The number of hydrogen-bond acceptors (Lipinski definition) is 4. The predicted octanol–water partition coefficient (Wildman–Crippen LogP) is 3.79. The number of piperidine rings is 1. The Morgan fingerprint density at radius 1 is 1.30 bits per heavy atom. The SMILES string of the molecule is CCCN1CCC(NC(=NC)NCC(c2ccsc2)N(CC)CC)CC1.I. The molecule has 1 saturated heterocycles. The molecular weight excluding hydrogens is 469 g/mol. The van der Waals surface area contributed by atoms with Gasteiger partial charge in [-0.25, -0.2) is 0 Å². The molecule has 0 aromatic carbocycles. The molecule has 0 spiro atoms. The summed E-state index contributed by atoms with van der Waals surface area (Å²) in [6.45, 7) is 13.3. The van der Waals surface area contributed by atoms with Crippen molar-refractivity contribution in [1.82, 2.24) is 20.4 Å². The first-order chi connectivity index (χ1) is 12.7. The third-order valence-electron chi connectivity index (χ3n) is 5.34. The van der Waals surface area contributed by atoms with Crippen LogP contribution in [-0.4, -0.2) is 68.1 Å². The quantitative estimate of drug-likeness (QED) is 0.303. The molecule has 156 valence electrons. The molecule has 0 saturated carbocycles. The molecular formula is C20H38IN5S. The number of guanidine groups is 1. The minimum atomic E-state index is 0. The topological polar surface area (TPSA) is 42.9 Å². The van der Waals surface area contributed by atoms with Gasteiger partial charge in [-0.2, -0.15) is 11.3 Å². The van der Waals surface area contributed by atoms with E-state index in [-0.39, 0.29) is 24.0 Å². The monoisotopic (exact) mass is 507 g/mol. The van der Waals surface area contributed by atoms with Crippen molar-refractivity contribution in [2.45, 2.75) is 52.1 Å². The highest BCUT2D eigenvalue weighted by Crippen LogP contribution is 2.22. The average molecular weight is 508 g/mol. The molecule has 7 heteroatoms. The number of aliphatic imine (C=N–C) groups is 1. The summed E-state index contributed by atoms with van der Waals surface area (Å²) in [4.78, 5) is 9.54. The summed E-state index contributed by atoms with van der Waals surface area (Å²) < 4.78 is 0. The minimum absolute atomic E-state index is 0. The van der Waals surface area contributed by atoms with Gasteiger partial charge in [-0.05, 0) is 61.3 Å². The number of nitrogens with one attached hydrogen (secondary N) is 2. The lowest BCUT2D eigenvalue weighted by Crippen LogP contribution is -2.50. The Morgan fingerprint density at radius 2 is 2.00 bits per heavy atom. The van der Waals surface area contributed by atoms with Crippen molar-refractivity contribution in [1.29, 1.82) is 0 Å². The molecule has 5 nitrogen and oxygen atoms in total. The number of halogens is 1. The standard InChI is InChI=1S/C20H37N5S.HI/c1-5-11-24-12-8-18(9-13-24)23-20(21-4)22-15-19(25(6-2)7-3)17-10-14-26-16-17;/h10,14,16,18-19H,5-9,11-13,15H2,1-4H3,(H2,21,22,23);1H. The fourth-order valence-electron chi connectivity index (χ4n) is 3.79. The van der Waals surface area contributed by atoms with E-state index in [1.54, 1.807) is 11.3 Å². The van der Waals surface area contributed by atoms with Crippen molar-refractivity contribution >= 4 is 41.3 Å². The third kappa shape index (κ3) is 7.87. The molecule has 1 atom stereocenters. The Bertz CT molecular complexity index is 510. The summed E-state index contributed by atoms with van der Waals surface area (Å²) in [5.74, 6) is 0.936. The van der Waals surface area contributed by atoms with Crippen LogP contribution in [0.3, 0.4) is 0 Å². The summed E-state index contributed by atoms with van der Waals surface area (Å²) >= 11 is 1.77. The summed E-state index contributed by atoms with van der Waals surface area (Å²) in [6, 6.07) is 3.16. The number of hydrogen-bond donors (Lipinski definition) is 2. The van der Waals surface area contributed by atoms with E-state index >= 15 is 0 Å². The van der Waals surface area contributed by atoms with Crippen molar-refractivity contribution in [2.24, 2.45) is 4.99 Å². The Labute approximate surface area is 187 Å². The molecule has 1 aliphatic rings. The van der Waals surface area contributed by atoms with Gasteiger partial charge in [0.05, 0.1) is 6.04 Å². The smallest absolute Gasteiger partial charge is 0.191 e. The molecule has 2 heterocycles. The van der Waals surface area contributed by atoms with Crippen LogP contribution < -0.4 is 10.6 Å². The van der Waals surface area contributed by atoms with Gasteiger partial charge in [0.1, 0.15) is 0 Å². The van der Waals surface area contributed by atoms with Gasteiger partial charge in [0.25, 0.3) is 0 Å². The van der Waals surface area contributed by atoms with Gasteiger partial charge in [-0.1, -0.05) is 20.8 Å². The molecule has 1 fully saturated rings. The second-order valence-corrected chi connectivity index (χ2v) is 7.79. The highest BCUT2D eigenvalue weighted by Gasteiger charge is 2.21. The van der Waals surface area contributed by atoms with E-state index in [2.05, 4.69) is 63.0 Å². The van der Waals surface area contributed by atoms with E-state index < -0.39 is 0 Å². The predicted molar refractivity (Wildman–Crippen MR) is 130 cm³/mol. The normalized spacial score (nSPS) is 17.6. The summed E-state index contributed by atoms with van der Waals surface area (Å²) in [7, 11) is 1.87. The second-order valence-electron chi connectivity index (χ2n) is 7.01. The van der Waals surface area contributed by atoms with Crippen LogP contribution in [0.5, 0.6) is 0 Å². The van der Waals surface area contributed by atoms with Crippen LogP contribution in [0.2, 0.25) is 0 Å². The van der Waals surface area contributed by atoms with Gasteiger partial charge in [0.2, 0.25) is 0 Å². The maximum Gasteiger partial charge on any atom is 0.191 e. The Balaban J connectivity index is 0.00000364. The fourth-order valence-corrected chi connectivity index (χ4v) is 4.49. The highest BCUT2D eigenvalue weighted by atomic mass is 127. The number of likely N-dealkylation sites (N-methyl/N-ethyl adjacent to an activating group) is 1. The molecule has 1 aliphatic heterocycles. The fraction of sp³-hybridized carbons (Fsp3) is 0.750. The molecule has 0 aliphatic carbocycles. The zero-order valence-corrected chi connectivity index (χ0v) is 20.6. The van der Waals surface area contributed by atoms with Gasteiger partial charge in [0.15, 0.2) is 5.96 Å². The lowest BCUT2D eigenvalue weighted by molar-refractivity contribution is 0.205. The first-order valence-corrected chi connectivity index (χ1v) is 11.1. The lowest BCUT2D eigenvalue weighted by Gasteiger charge is -2.34. The Hall–Kier alpha value is -0.380. The summed E-state index contributed by atoms with van der Waals surface area (Å²) in [6.07, 6.45) is 3.64. The molecule has 1 aromatic rings. The van der Waals surface area contributed by atoms with Crippen LogP contribution in [0.25, 0.3) is 0 Å². The summed E-state index contributed by atoms with van der Waals surface area (Å²) in [5, 5.41) is 11.7. The molecule has 0 bridgehead atoms. The van der Waals surface area contributed by atoms with Crippen LogP contribution >= 0.6 is 35.3 Å². The van der Waals surface area contributed by atoms with Gasteiger partial charge in [0, 0.05) is 32.7 Å². The molecule has 2 N–H and O–H groups in total. The van der Waals surface area contributed by atoms with Crippen molar-refractivity contribution < 1.29 is 0 Å². The van der Waals surface area contributed by atoms with Crippen LogP contribution in [0.15, 0.2) is 21.8 Å². The molecule has 27 heavy (non-hydrogen) atoms. The van der Waals surface area contributed by atoms with Crippen molar-refractivity contribution in [3.8, 4) is 0 Å². The van der Waals surface area contributed by atoms with E-state index in [1.165, 1.54) is 44.5 Å². The van der Waals surface area contributed by atoms with Gasteiger partial charge >= 0.3 is 0 Å². The number of nitrogens with zero attached hydrogens (tertiary/aromatic N) is 3. The van der Waals surface area contributed by atoms with Crippen molar-refractivity contribution in [3.63, 3.8) is 0 Å². The maximum absolute atomic E-state index is 4.47. The van der Waals surface area contributed by atoms with Crippen LogP contribution in [0.4, 0.5) is 0 Å². The number of likely N-dealkylation sites (tertiary alicyclic amines) is 1.